The lowest BCUT2D eigenvalue weighted by molar-refractivity contribution is -0.114. The molecule has 1 aromatic heterocycles. The molecule has 0 spiro atoms. The van der Waals surface area contributed by atoms with Crippen molar-refractivity contribution in [2.45, 2.75) is 19.4 Å². The highest BCUT2D eigenvalue weighted by atomic mass is 16.5. The zero-order valence-corrected chi connectivity index (χ0v) is 9.19. The molecule has 1 aliphatic carbocycles. The van der Waals surface area contributed by atoms with Gasteiger partial charge in [-0.2, -0.15) is 0 Å². The molecular weight excluding hydrogens is 204 g/mol. The highest BCUT2D eigenvalue weighted by molar-refractivity contribution is 5.92. The van der Waals surface area contributed by atoms with Crippen LogP contribution in [0.4, 0.5) is 0 Å². The fourth-order valence-corrected chi connectivity index (χ4v) is 1.62. The summed E-state index contributed by atoms with van der Waals surface area (Å²) in [5, 5.41) is 3.24. The Labute approximate surface area is 94.3 Å². The number of carbonyl (C=O) groups excluding carboxylic acids is 1. The molecular formula is C12H14N2O2. The molecule has 1 N–H and O–H groups in total. The van der Waals surface area contributed by atoms with Gasteiger partial charge in [0.1, 0.15) is 0 Å². The minimum Gasteiger partial charge on any atom is -0.481 e. The number of ether oxygens (including phenoxy) is 1. The number of hydrogen-bond acceptors (Lipinski definition) is 4. The first kappa shape index (κ1) is 10.7. The van der Waals surface area contributed by atoms with Gasteiger partial charge in [-0.05, 0) is 18.1 Å². The van der Waals surface area contributed by atoms with E-state index in [9.17, 15) is 4.79 Å². The van der Waals surface area contributed by atoms with Crippen LogP contribution in [-0.4, -0.2) is 17.9 Å². The van der Waals surface area contributed by atoms with Crippen LogP contribution < -0.4 is 10.1 Å². The van der Waals surface area contributed by atoms with Crippen molar-refractivity contribution in [3.8, 4) is 5.88 Å². The molecule has 0 aromatic carbocycles. The first-order chi connectivity index (χ1) is 7.78. The number of hydrogen-bond donors (Lipinski definition) is 1. The summed E-state index contributed by atoms with van der Waals surface area (Å²) in [4.78, 5) is 15.0. The van der Waals surface area contributed by atoms with E-state index in [0.717, 1.165) is 17.7 Å². The van der Waals surface area contributed by atoms with E-state index in [1.807, 2.05) is 12.1 Å². The topological polar surface area (TPSA) is 51.2 Å². The van der Waals surface area contributed by atoms with Crippen molar-refractivity contribution in [3.05, 3.63) is 35.7 Å². The van der Waals surface area contributed by atoms with Crippen LogP contribution in [0.25, 0.3) is 0 Å². The lowest BCUT2D eigenvalue weighted by atomic mass is 10.2. The van der Waals surface area contributed by atoms with Gasteiger partial charge in [-0.25, -0.2) is 4.98 Å². The van der Waals surface area contributed by atoms with Crippen LogP contribution in [0, 0.1) is 0 Å². The van der Waals surface area contributed by atoms with Crippen molar-refractivity contribution >= 4 is 5.78 Å². The van der Waals surface area contributed by atoms with Crippen molar-refractivity contribution in [2.24, 2.45) is 0 Å². The average molecular weight is 218 g/mol. The zero-order valence-electron chi connectivity index (χ0n) is 9.19. The molecule has 1 aliphatic rings. The van der Waals surface area contributed by atoms with Crippen LogP contribution in [-0.2, 0) is 11.3 Å². The Hall–Kier alpha value is -1.84. The molecule has 4 heteroatoms. The second-order valence-corrected chi connectivity index (χ2v) is 3.70. The quantitative estimate of drug-likeness (QED) is 0.830. The van der Waals surface area contributed by atoms with Crippen LogP contribution in [0.15, 0.2) is 30.1 Å². The number of ketones is 1. The molecule has 2 rings (SSSR count). The molecule has 84 valence electrons. The number of nitrogens with one attached hydrogen (secondary N) is 1. The summed E-state index contributed by atoms with van der Waals surface area (Å²) in [6.45, 7) is 0.692. The van der Waals surface area contributed by atoms with Gasteiger partial charge in [-0.3, -0.25) is 4.79 Å². The summed E-state index contributed by atoms with van der Waals surface area (Å²) >= 11 is 0. The van der Waals surface area contributed by atoms with Gasteiger partial charge in [0.05, 0.1) is 7.11 Å². The first-order valence-electron chi connectivity index (χ1n) is 5.24. The van der Waals surface area contributed by atoms with E-state index in [0.29, 0.717) is 18.8 Å². The summed E-state index contributed by atoms with van der Waals surface area (Å²) in [5.41, 5.74) is 2.10. The lowest BCUT2D eigenvalue weighted by Crippen LogP contribution is -2.11. The molecule has 0 saturated heterocycles. The summed E-state index contributed by atoms with van der Waals surface area (Å²) in [6, 6.07) is 3.80. The maximum Gasteiger partial charge on any atom is 0.213 e. The Kier molecular flexibility index (Phi) is 3.19. The monoisotopic (exact) mass is 218 g/mol. The van der Waals surface area contributed by atoms with Gasteiger partial charge in [0, 0.05) is 37.0 Å². The van der Waals surface area contributed by atoms with Crippen LogP contribution in [0.1, 0.15) is 18.4 Å². The van der Waals surface area contributed by atoms with E-state index >= 15 is 0 Å². The number of rotatable bonds is 4. The lowest BCUT2D eigenvalue weighted by Gasteiger charge is -2.07. The van der Waals surface area contributed by atoms with E-state index in [4.69, 9.17) is 4.74 Å². The first-order valence-corrected chi connectivity index (χ1v) is 5.24. The van der Waals surface area contributed by atoms with Crippen molar-refractivity contribution in [1.29, 1.82) is 0 Å². The van der Waals surface area contributed by atoms with E-state index in [1.54, 1.807) is 19.4 Å². The molecule has 0 unspecified atom stereocenters. The minimum atomic E-state index is 0.204. The Bertz CT molecular complexity index is 427. The van der Waals surface area contributed by atoms with Crippen LogP contribution in [0.3, 0.4) is 0 Å². The van der Waals surface area contributed by atoms with Crippen LogP contribution in [0.5, 0.6) is 5.88 Å². The molecule has 16 heavy (non-hydrogen) atoms. The third-order valence-electron chi connectivity index (χ3n) is 2.50. The molecule has 1 aromatic rings. The van der Waals surface area contributed by atoms with Crippen LogP contribution >= 0.6 is 0 Å². The van der Waals surface area contributed by atoms with E-state index in [2.05, 4.69) is 10.3 Å². The smallest absolute Gasteiger partial charge is 0.213 e. The number of aromatic nitrogens is 1. The van der Waals surface area contributed by atoms with E-state index in [1.165, 1.54) is 0 Å². The van der Waals surface area contributed by atoms with Gasteiger partial charge in [-0.1, -0.05) is 0 Å². The van der Waals surface area contributed by atoms with Crippen molar-refractivity contribution in [1.82, 2.24) is 10.3 Å². The maximum absolute atomic E-state index is 11.0. The summed E-state index contributed by atoms with van der Waals surface area (Å²) in [6.07, 6.45) is 4.84. The fraction of sp³-hybridized carbons (Fsp3) is 0.333. The summed E-state index contributed by atoms with van der Waals surface area (Å²) in [5.74, 6) is 0.811. The number of methoxy groups -OCH3 is 1. The van der Waals surface area contributed by atoms with Gasteiger partial charge in [-0.15, -0.1) is 0 Å². The summed E-state index contributed by atoms with van der Waals surface area (Å²) < 4.78 is 5.04. The molecule has 0 amide bonds. The predicted octanol–water partition coefficient (Wildman–Crippen LogP) is 1.43. The van der Waals surface area contributed by atoms with Gasteiger partial charge >= 0.3 is 0 Å². The molecule has 0 aliphatic heterocycles. The van der Waals surface area contributed by atoms with Crippen molar-refractivity contribution < 1.29 is 9.53 Å². The highest BCUT2D eigenvalue weighted by Gasteiger charge is 2.11. The Morgan fingerprint density at radius 2 is 2.38 bits per heavy atom. The SMILES string of the molecule is COc1cc(CNC2=CC(=O)CC2)ccn1. The average Bonchev–Trinajstić information content (AvgIpc) is 2.73. The number of pyridine rings is 1. The Morgan fingerprint density at radius 1 is 1.50 bits per heavy atom. The fourth-order valence-electron chi connectivity index (χ4n) is 1.62. The Morgan fingerprint density at radius 3 is 3.06 bits per heavy atom. The molecule has 0 saturated carbocycles. The summed E-state index contributed by atoms with van der Waals surface area (Å²) in [7, 11) is 1.59. The minimum absolute atomic E-state index is 0.204. The predicted molar refractivity (Wildman–Crippen MR) is 60.0 cm³/mol. The molecule has 1 heterocycles. The second kappa shape index (κ2) is 4.79. The van der Waals surface area contributed by atoms with Gasteiger partial charge < -0.3 is 10.1 Å². The molecule has 4 nitrogen and oxygen atoms in total. The van der Waals surface area contributed by atoms with Crippen LogP contribution in [0.2, 0.25) is 0 Å². The number of allylic oxidation sites excluding steroid dienone is 2. The Balaban J connectivity index is 1.94. The standard InChI is InChI=1S/C12H14N2O2/c1-16-12-6-9(4-5-13-12)8-14-10-2-3-11(15)7-10/h4-7,14H,2-3,8H2,1H3. The van der Waals surface area contributed by atoms with Crippen molar-refractivity contribution in [2.75, 3.05) is 7.11 Å². The molecule has 0 radical (unpaired) electrons. The van der Waals surface area contributed by atoms with E-state index in [-0.39, 0.29) is 5.78 Å². The third kappa shape index (κ3) is 2.59. The highest BCUT2D eigenvalue weighted by Crippen LogP contribution is 2.13. The largest absolute Gasteiger partial charge is 0.481 e. The van der Waals surface area contributed by atoms with E-state index < -0.39 is 0 Å². The van der Waals surface area contributed by atoms with Crippen molar-refractivity contribution in [3.63, 3.8) is 0 Å². The third-order valence-corrected chi connectivity index (χ3v) is 2.50. The molecule has 0 atom stereocenters. The normalized spacial score (nSPS) is 14.8. The van der Waals surface area contributed by atoms with Gasteiger partial charge in [0.2, 0.25) is 5.88 Å². The van der Waals surface area contributed by atoms with Gasteiger partial charge in [0.25, 0.3) is 0 Å². The zero-order chi connectivity index (χ0) is 11.4. The van der Waals surface area contributed by atoms with Gasteiger partial charge in [0.15, 0.2) is 5.78 Å². The molecule has 0 fully saturated rings. The number of carbonyl (C=O) groups is 1. The number of nitrogens with zero attached hydrogens (tertiary/aromatic N) is 1. The second-order valence-electron chi connectivity index (χ2n) is 3.70. The molecule has 0 bridgehead atoms. The maximum atomic E-state index is 11.0.